The Bertz CT molecular complexity index is 3610. The van der Waals surface area contributed by atoms with Gasteiger partial charge < -0.3 is 95.1 Å². The Hall–Kier alpha value is -8.55. The topological polar surface area (TPSA) is 294 Å². The van der Waals surface area contributed by atoms with Gasteiger partial charge in [-0.3, -0.25) is 19.3 Å². The number of ketones is 1. The van der Waals surface area contributed by atoms with Crippen molar-refractivity contribution in [2.75, 3.05) is 206 Å². The quantitative estimate of drug-likeness (QED) is 0.0299. The zero-order valence-corrected chi connectivity index (χ0v) is 62.0. The Labute approximate surface area is 599 Å². The van der Waals surface area contributed by atoms with Crippen LogP contribution in [0, 0.1) is 23.5 Å². The molecule has 101 heavy (non-hydrogen) atoms. The predicted molar refractivity (Wildman–Crippen MR) is 419 cm³/mol. The van der Waals surface area contributed by atoms with Crippen molar-refractivity contribution in [3.05, 3.63) is 121 Å². The highest BCUT2D eigenvalue weighted by molar-refractivity contribution is 6.01. The number of hydrogen-bond donors (Lipinski definition) is 12. The van der Waals surface area contributed by atoms with E-state index in [0.717, 1.165) is 124 Å². The minimum atomic E-state index is -0.679. The third-order valence-electron chi connectivity index (χ3n) is 21.5. The van der Waals surface area contributed by atoms with E-state index in [1.54, 1.807) is 54.4 Å². The van der Waals surface area contributed by atoms with Crippen molar-refractivity contribution in [1.82, 2.24) is 15.5 Å². The molecule has 5 heterocycles. The summed E-state index contributed by atoms with van der Waals surface area (Å²) in [6.45, 7) is 12.0. The van der Waals surface area contributed by atoms with Crippen LogP contribution in [-0.4, -0.2) is 188 Å². The Morgan fingerprint density at radius 1 is 0.515 bits per heavy atom. The highest BCUT2D eigenvalue weighted by Crippen LogP contribution is 2.40. The van der Waals surface area contributed by atoms with E-state index in [-0.39, 0.29) is 34.6 Å². The number of anilines is 11. The maximum atomic E-state index is 14.1. The molecule has 2 atom stereocenters. The van der Waals surface area contributed by atoms with Gasteiger partial charge in [0, 0.05) is 118 Å². The summed E-state index contributed by atoms with van der Waals surface area (Å²) in [5, 5.41) is 24.6. The number of nitrogens with one attached hydrogen (secondary N) is 7. The lowest BCUT2D eigenvalue weighted by Gasteiger charge is -2.45. The molecule has 22 nitrogen and oxygen atoms in total. The number of carbonyl (C=O) groups is 3. The maximum Gasteiger partial charge on any atom is 0.237 e. The molecule has 0 bridgehead atoms. The lowest BCUT2D eigenvalue weighted by atomic mass is 9.82. The van der Waals surface area contributed by atoms with Crippen molar-refractivity contribution in [3.8, 4) is 5.75 Å². The van der Waals surface area contributed by atoms with E-state index in [4.69, 9.17) is 33.4 Å². The number of methoxy groups -OCH3 is 1. The monoisotopic (exact) mass is 1400 g/mol. The molecule has 0 aliphatic carbocycles. The normalized spacial score (nSPS) is 18.4. The molecule has 0 radical (unpaired) electrons. The molecule has 17 N–H and O–H groups in total. The number of nitrogen functional groups attached to an aromatic ring is 1. The molecule has 5 aliphatic heterocycles. The van der Waals surface area contributed by atoms with Gasteiger partial charge in [-0.15, -0.1) is 0 Å². The van der Waals surface area contributed by atoms with Crippen LogP contribution in [0.25, 0.3) is 10.8 Å². The molecule has 24 heteroatoms. The van der Waals surface area contributed by atoms with Crippen LogP contribution in [0.3, 0.4) is 0 Å². The molecule has 0 saturated carbocycles. The SMILES string of the molecule is CNc1cc(N)c(F)cc1N1CCC(NC)(C(N)=O)CC1.CNc1cc(OC)ccc1N1CCCC(CCN)C1.CNc1ccc2ccccc2c1N1CCCC(CCN)C1.CNc1cccc(F)c1N1CCC(NC)(C(N)=O)CC1.CNc1ccccc1N1CCC(C(C)=O)(N(C)C)CC1. The van der Waals surface area contributed by atoms with Crippen LogP contribution in [0.5, 0.6) is 5.75 Å². The van der Waals surface area contributed by atoms with Gasteiger partial charge in [0.25, 0.3) is 0 Å². The van der Waals surface area contributed by atoms with Gasteiger partial charge in [-0.2, -0.15) is 0 Å². The van der Waals surface area contributed by atoms with Crippen LogP contribution < -0.4 is 95.1 Å². The first-order valence-electron chi connectivity index (χ1n) is 36.0. The molecule has 554 valence electrons. The molecular formula is C77H118F2N18O4. The van der Waals surface area contributed by atoms with Crippen molar-refractivity contribution in [2.45, 2.75) is 101 Å². The fraction of sp³-hybridized carbons (Fsp3) is 0.519. The second-order valence-electron chi connectivity index (χ2n) is 27.3. The fourth-order valence-corrected chi connectivity index (χ4v) is 15.2. The van der Waals surface area contributed by atoms with Gasteiger partial charge in [-0.05, 0) is 191 Å². The summed E-state index contributed by atoms with van der Waals surface area (Å²) >= 11 is 0. The molecule has 0 spiro atoms. The zero-order chi connectivity index (χ0) is 73.4. The van der Waals surface area contributed by atoms with E-state index in [1.165, 1.54) is 71.3 Å². The second-order valence-corrected chi connectivity index (χ2v) is 27.3. The van der Waals surface area contributed by atoms with E-state index < -0.39 is 16.9 Å². The molecule has 5 aliphatic rings. The predicted octanol–water partition coefficient (Wildman–Crippen LogP) is 9.37. The molecule has 11 rings (SSSR count). The standard InChI is InChI=1S/C18H25N3.C16H25N3O.C15H25N3O.C14H22FN5O.C14H21FN4O/c1-20-17-9-8-15-6-2-3-7-16(15)18(17)21-12-4-5-14(13-21)10-11-19;1-13(20)16(18(3)4)9-11-19(12-10-16)15-8-6-5-7-14(15)17-2;1-17-14-10-13(19-2)5-6-15(14)18-9-3-4-12(11-18)7-8-16;1-18-11-8-10(16)9(15)7-12(11)20-5-3-14(19-2,4-6-20)13(17)21;1-17-11-5-3-4-10(15)12(11)19-8-6-14(18-2,7-9-19)13(16)20/h2-3,6-9,14,20H,4-5,10-13,19H2,1H3;5-8,17H,9-12H2,1-4H3;5-6,10,12,17H,3-4,7-9,11,16H2,1-2H3;7-8,18-19H,3-6,16H2,1-2H3,(H2,17,21);3-5,17-18H,6-9H2,1-2H3,(H2,16,20). The van der Waals surface area contributed by atoms with Gasteiger partial charge in [0.1, 0.15) is 34.2 Å². The summed E-state index contributed by atoms with van der Waals surface area (Å²) in [4.78, 5) is 48.8. The number of piperidine rings is 5. The lowest BCUT2D eigenvalue weighted by Crippen LogP contribution is -2.59. The molecule has 5 fully saturated rings. The van der Waals surface area contributed by atoms with Crippen LogP contribution in [0.4, 0.5) is 71.3 Å². The molecular weight excluding hydrogens is 1280 g/mol. The zero-order valence-electron chi connectivity index (χ0n) is 62.0. The van der Waals surface area contributed by atoms with Gasteiger partial charge >= 0.3 is 0 Å². The van der Waals surface area contributed by atoms with E-state index in [9.17, 15) is 23.2 Å². The van der Waals surface area contributed by atoms with Gasteiger partial charge in [0.15, 0.2) is 0 Å². The number of nitrogens with two attached hydrogens (primary N) is 5. The summed E-state index contributed by atoms with van der Waals surface area (Å²) in [6, 6.07) is 35.6. The number of fused-ring (bicyclic) bond motifs is 1. The second kappa shape index (κ2) is 37.9. The number of hydrogen-bond acceptors (Lipinski definition) is 20. The largest absolute Gasteiger partial charge is 0.497 e. The third kappa shape index (κ3) is 19.6. The van der Waals surface area contributed by atoms with Gasteiger partial charge in [0.2, 0.25) is 11.8 Å². The summed E-state index contributed by atoms with van der Waals surface area (Å²) in [7, 11) is 18.6. The first kappa shape index (κ1) is 79.8. The van der Waals surface area contributed by atoms with Gasteiger partial charge in [-0.1, -0.05) is 48.5 Å². The van der Waals surface area contributed by atoms with E-state index in [1.807, 2.05) is 63.2 Å². The number of ether oxygens (including phenoxy) is 1. The third-order valence-corrected chi connectivity index (χ3v) is 21.5. The van der Waals surface area contributed by atoms with Crippen LogP contribution in [0.1, 0.15) is 84.0 Å². The van der Waals surface area contributed by atoms with E-state index in [0.29, 0.717) is 57.5 Å². The number of Topliss-reactive ketones (excluding diaryl/α,β-unsaturated/α-hetero) is 1. The highest BCUT2D eigenvalue weighted by atomic mass is 19.1. The van der Waals surface area contributed by atoms with Crippen LogP contribution >= 0.6 is 0 Å². The average molecular weight is 1400 g/mol. The number of primary amides is 2. The first-order valence-corrected chi connectivity index (χ1v) is 36.0. The minimum Gasteiger partial charge on any atom is -0.497 e. The Balaban J connectivity index is 0.000000177. The van der Waals surface area contributed by atoms with Crippen molar-refractivity contribution in [3.63, 3.8) is 0 Å². The lowest BCUT2D eigenvalue weighted by molar-refractivity contribution is -0.129. The summed E-state index contributed by atoms with van der Waals surface area (Å²) in [5.41, 5.74) is 36.7. The molecule has 2 unspecified atom stereocenters. The number of likely N-dealkylation sites (N-methyl/N-ethyl adjacent to an activating group) is 3. The molecule has 5 saturated heterocycles. The Morgan fingerprint density at radius 2 is 1.00 bits per heavy atom. The number of halogens is 2. The van der Waals surface area contributed by atoms with Crippen molar-refractivity contribution < 1.29 is 27.9 Å². The van der Waals surface area contributed by atoms with Crippen molar-refractivity contribution >= 4 is 90.9 Å². The maximum absolute atomic E-state index is 14.1. The molecule has 2 amide bonds. The number of rotatable bonds is 21. The first-order chi connectivity index (χ1) is 48.6. The van der Waals surface area contributed by atoms with Crippen LogP contribution in [0.2, 0.25) is 0 Å². The number of carbonyl (C=O) groups excluding carboxylic acids is 3. The number of amides is 2. The van der Waals surface area contributed by atoms with Crippen molar-refractivity contribution in [2.24, 2.45) is 34.8 Å². The van der Waals surface area contributed by atoms with Crippen molar-refractivity contribution in [1.29, 1.82) is 0 Å². The minimum absolute atomic E-state index is 0.113. The summed E-state index contributed by atoms with van der Waals surface area (Å²) in [6.07, 6.45) is 11.4. The van der Waals surface area contributed by atoms with Gasteiger partial charge in [0.05, 0.1) is 75.2 Å². The number of para-hydroxylation sites is 3. The Morgan fingerprint density at radius 3 is 1.53 bits per heavy atom. The Kier molecular flexibility index (Phi) is 30.0. The fourth-order valence-electron chi connectivity index (χ4n) is 15.2. The summed E-state index contributed by atoms with van der Waals surface area (Å²) < 4.78 is 33.1. The van der Waals surface area contributed by atoms with Crippen LogP contribution in [-0.2, 0) is 14.4 Å². The molecule has 0 aromatic heterocycles. The van der Waals surface area contributed by atoms with Gasteiger partial charge in [-0.25, -0.2) is 8.78 Å². The smallest absolute Gasteiger partial charge is 0.237 e. The highest BCUT2D eigenvalue weighted by Gasteiger charge is 2.43. The summed E-state index contributed by atoms with van der Waals surface area (Å²) in [5.74, 6) is 1.24. The number of benzene rings is 6. The average Bonchev–Trinajstić information content (AvgIpc) is 0.822. The molecule has 6 aromatic rings. The molecule has 6 aromatic carbocycles. The van der Waals surface area contributed by atoms with E-state index >= 15 is 0 Å². The van der Waals surface area contributed by atoms with Crippen LogP contribution in [0.15, 0.2) is 109 Å². The number of nitrogens with zero attached hydrogens (tertiary/aromatic N) is 6. The van der Waals surface area contributed by atoms with E-state index in [2.05, 4.69) is 124 Å².